The van der Waals surface area contributed by atoms with E-state index in [1.807, 2.05) is 46.0 Å². The molecule has 0 bridgehead atoms. The van der Waals surface area contributed by atoms with Crippen LogP contribution in [0.5, 0.6) is 0 Å². The van der Waals surface area contributed by atoms with E-state index in [-0.39, 0.29) is 18.1 Å². The average molecular weight is 468 g/mol. The number of amidine groups is 1. The third kappa shape index (κ3) is 6.10. The summed E-state index contributed by atoms with van der Waals surface area (Å²) in [7, 11) is 0. The van der Waals surface area contributed by atoms with E-state index in [1.165, 1.54) is 6.08 Å². The van der Waals surface area contributed by atoms with Crippen molar-refractivity contribution in [3.05, 3.63) is 71.4 Å². The number of rotatable bonds is 7. The van der Waals surface area contributed by atoms with Crippen LogP contribution in [0.15, 0.2) is 59.7 Å². The number of carbonyl (C=O) groups is 1. The van der Waals surface area contributed by atoms with Gasteiger partial charge in [0.25, 0.3) is 5.91 Å². The fourth-order valence-corrected chi connectivity index (χ4v) is 3.04. The second kappa shape index (κ2) is 10.3. The number of nitrogens with zero attached hydrogens (tertiary/aromatic N) is 3. The number of pyridine rings is 1. The minimum atomic E-state index is -0.524. The standard InChI is InChI=1S/C24H30FN7O2/c1-15-5-6-16(23(34)29-22(26)11-21(33)24(2,3)4)10-20(15)32-14-19(30-31-32)17-9-18(13-27-12-17)28-8-7-25/h5-6,9-14,28,30-31,33H,7-8H2,1-4H3,(H2,26,29,34)/b21-11-. The molecule has 3 rings (SSSR count). The van der Waals surface area contributed by atoms with Gasteiger partial charge in [-0.3, -0.25) is 14.8 Å². The van der Waals surface area contributed by atoms with Crippen molar-refractivity contribution in [3.63, 3.8) is 0 Å². The van der Waals surface area contributed by atoms with Gasteiger partial charge in [-0.1, -0.05) is 26.8 Å². The third-order valence-corrected chi connectivity index (χ3v) is 5.04. The van der Waals surface area contributed by atoms with Gasteiger partial charge in [-0.15, -0.1) is 5.53 Å². The number of alkyl halides is 1. The minimum Gasteiger partial charge on any atom is -0.512 e. The zero-order valence-electron chi connectivity index (χ0n) is 19.7. The lowest BCUT2D eigenvalue weighted by atomic mass is 9.93. The Morgan fingerprint density at radius 2 is 2.09 bits per heavy atom. The highest BCUT2D eigenvalue weighted by atomic mass is 19.1. The topological polar surface area (TPSA) is 128 Å². The van der Waals surface area contributed by atoms with Crippen molar-refractivity contribution in [2.45, 2.75) is 27.7 Å². The molecule has 2 aromatic rings. The molecule has 9 nitrogen and oxygen atoms in total. The summed E-state index contributed by atoms with van der Waals surface area (Å²) < 4.78 is 12.4. The van der Waals surface area contributed by atoms with Crippen LogP contribution in [-0.2, 0) is 0 Å². The van der Waals surface area contributed by atoms with E-state index in [4.69, 9.17) is 5.73 Å². The number of halogens is 1. The molecule has 0 atom stereocenters. The fourth-order valence-electron chi connectivity index (χ4n) is 3.04. The van der Waals surface area contributed by atoms with E-state index >= 15 is 0 Å². The third-order valence-electron chi connectivity index (χ3n) is 5.04. The van der Waals surface area contributed by atoms with Crippen molar-refractivity contribution in [2.24, 2.45) is 16.1 Å². The second-order valence-electron chi connectivity index (χ2n) is 8.85. The predicted molar refractivity (Wildman–Crippen MR) is 133 cm³/mol. The zero-order valence-corrected chi connectivity index (χ0v) is 19.7. The van der Waals surface area contributed by atoms with Crippen LogP contribution in [-0.4, -0.2) is 35.1 Å². The van der Waals surface area contributed by atoms with Gasteiger partial charge in [0.1, 0.15) is 18.3 Å². The lowest BCUT2D eigenvalue weighted by Gasteiger charge is -2.18. The van der Waals surface area contributed by atoms with Crippen LogP contribution in [0.2, 0.25) is 0 Å². The number of allylic oxidation sites excluding steroid dienone is 1. The SMILES string of the molecule is Cc1ccc(C(=O)N=C(N)/C=C(\O)C(C)(C)C)cc1N1C=C(c2cncc(NCCF)c2)NN1. The molecule has 0 fully saturated rings. The summed E-state index contributed by atoms with van der Waals surface area (Å²) in [5.41, 5.74) is 15.7. The van der Waals surface area contributed by atoms with E-state index in [0.717, 1.165) is 22.5 Å². The Morgan fingerprint density at radius 3 is 2.79 bits per heavy atom. The number of nitrogens with two attached hydrogens (primary N) is 1. The highest BCUT2D eigenvalue weighted by Gasteiger charge is 2.19. The first-order valence-corrected chi connectivity index (χ1v) is 10.8. The van der Waals surface area contributed by atoms with Gasteiger partial charge in [-0.25, -0.2) is 4.39 Å². The molecule has 0 radical (unpaired) electrons. The maximum Gasteiger partial charge on any atom is 0.279 e. The first-order chi connectivity index (χ1) is 16.1. The fraction of sp³-hybridized carbons (Fsp3) is 0.292. The molecule has 6 N–H and O–H groups in total. The first kappa shape index (κ1) is 24.7. The van der Waals surface area contributed by atoms with Gasteiger partial charge in [0.15, 0.2) is 0 Å². The first-order valence-electron chi connectivity index (χ1n) is 10.8. The molecule has 0 saturated carbocycles. The second-order valence-corrected chi connectivity index (χ2v) is 8.85. The lowest BCUT2D eigenvalue weighted by Crippen LogP contribution is -2.36. The molecule has 1 aromatic heterocycles. The van der Waals surface area contributed by atoms with Gasteiger partial charge in [0, 0.05) is 47.8 Å². The highest BCUT2D eigenvalue weighted by molar-refractivity contribution is 6.06. The molecule has 0 unspecified atom stereocenters. The number of aryl methyl sites for hydroxylation is 1. The van der Waals surface area contributed by atoms with Crippen LogP contribution >= 0.6 is 0 Å². The van der Waals surface area contributed by atoms with Crippen molar-refractivity contribution in [1.82, 2.24) is 15.9 Å². The molecule has 1 amide bonds. The lowest BCUT2D eigenvalue weighted by molar-refractivity contribution is 0.100. The van der Waals surface area contributed by atoms with Gasteiger partial charge in [-0.05, 0) is 30.7 Å². The predicted octanol–water partition coefficient (Wildman–Crippen LogP) is 3.58. The molecule has 0 saturated heterocycles. The van der Waals surface area contributed by atoms with Crippen LogP contribution in [0.3, 0.4) is 0 Å². The van der Waals surface area contributed by atoms with Crippen molar-refractivity contribution in [3.8, 4) is 0 Å². The maximum atomic E-state index is 12.7. The molecule has 0 aliphatic carbocycles. The monoisotopic (exact) mass is 467 g/mol. The number of carbonyl (C=O) groups excluding carboxylic acids is 1. The molecule has 0 spiro atoms. The number of aliphatic hydroxyl groups excluding tert-OH is 1. The Hall–Kier alpha value is -3.92. The quantitative estimate of drug-likeness (QED) is 0.237. The summed E-state index contributed by atoms with van der Waals surface area (Å²) >= 11 is 0. The largest absolute Gasteiger partial charge is 0.512 e. The number of nitrogens with one attached hydrogen (secondary N) is 3. The summed E-state index contributed by atoms with van der Waals surface area (Å²) in [5, 5.41) is 14.8. The van der Waals surface area contributed by atoms with E-state index in [2.05, 4.69) is 26.3 Å². The van der Waals surface area contributed by atoms with Crippen molar-refractivity contribution in [2.75, 3.05) is 23.5 Å². The van der Waals surface area contributed by atoms with Crippen LogP contribution < -0.4 is 27.0 Å². The van der Waals surface area contributed by atoms with Crippen LogP contribution in [0, 0.1) is 12.3 Å². The summed E-state index contributed by atoms with van der Waals surface area (Å²) in [4.78, 5) is 20.8. The van der Waals surface area contributed by atoms with E-state index < -0.39 is 18.0 Å². The molecule has 180 valence electrons. The molecule has 10 heteroatoms. The summed E-state index contributed by atoms with van der Waals surface area (Å²) in [6, 6.07) is 7.04. The maximum absolute atomic E-state index is 12.7. The van der Waals surface area contributed by atoms with Gasteiger partial charge in [-0.2, -0.15) is 4.99 Å². The van der Waals surface area contributed by atoms with Gasteiger partial charge >= 0.3 is 0 Å². The Morgan fingerprint density at radius 1 is 1.32 bits per heavy atom. The average Bonchev–Trinajstić information content (AvgIpc) is 3.27. The molecule has 1 aliphatic rings. The minimum absolute atomic E-state index is 0.0367. The number of hydrogen-bond acceptors (Lipinski definition) is 7. The number of benzene rings is 1. The van der Waals surface area contributed by atoms with Gasteiger partial charge < -0.3 is 21.6 Å². The number of aliphatic imine (C=N–C) groups is 1. The molecule has 1 aromatic carbocycles. The van der Waals surface area contributed by atoms with Crippen molar-refractivity contribution in [1.29, 1.82) is 0 Å². The van der Waals surface area contributed by atoms with Crippen molar-refractivity contribution >= 4 is 28.8 Å². The highest BCUT2D eigenvalue weighted by Crippen LogP contribution is 2.26. The molecule has 34 heavy (non-hydrogen) atoms. The van der Waals surface area contributed by atoms with Crippen LogP contribution in [0.4, 0.5) is 15.8 Å². The molecular weight excluding hydrogens is 437 g/mol. The van der Waals surface area contributed by atoms with Gasteiger partial charge in [0.05, 0.1) is 17.1 Å². The number of aromatic nitrogens is 1. The Kier molecular flexibility index (Phi) is 7.52. The number of hydrazine groups is 2. The van der Waals surface area contributed by atoms with E-state index in [9.17, 15) is 14.3 Å². The smallest absolute Gasteiger partial charge is 0.279 e. The number of amides is 1. The normalized spacial score (nSPS) is 14.6. The molecule has 1 aliphatic heterocycles. The molecule has 2 heterocycles. The van der Waals surface area contributed by atoms with E-state index in [0.29, 0.717) is 11.3 Å². The van der Waals surface area contributed by atoms with Crippen LogP contribution in [0.25, 0.3) is 5.70 Å². The Bertz CT molecular complexity index is 1150. The number of aliphatic hydroxyl groups is 1. The van der Waals surface area contributed by atoms with Crippen molar-refractivity contribution < 1.29 is 14.3 Å². The molecular formula is C24H30FN7O2. The Balaban J connectivity index is 1.82. The zero-order chi connectivity index (χ0) is 24.9. The Labute approximate surface area is 198 Å². The summed E-state index contributed by atoms with van der Waals surface area (Å²) in [5.74, 6) is -0.560. The number of hydrogen-bond donors (Lipinski definition) is 5. The van der Waals surface area contributed by atoms with E-state index in [1.54, 1.807) is 29.5 Å². The van der Waals surface area contributed by atoms with Gasteiger partial charge in [0.2, 0.25) is 0 Å². The summed E-state index contributed by atoms with van der Waals surface area (Å²) in [6.07, 6.45) is 6.43. The number of anilines is 2. The summed E-state index contributed by atoms with van der Waals surface area (Å²) in [6.45, 7) is 7.13. The van der Waals surface area contributed by atoms with Crippen LogP contribution in [0.1, 0.15) is 42.3 Å².